The van der Waals surface area contributed by atoms with E-state index in [2.05, 4.69) is 18.8 Å². The smallest absolute Gasteiger partial charge is 0.323 e. The van der Waals surface area contributed by atoms with Gasteiger partial charge in [0.05, 0.1) is 7.14 Å². The molecule has 1 aromatic heterocycles. The zero-order valence-electron chi connectivity index (χ0n) is 21.4. The second kappa shape index (κ2) is 19.0. The lowest BCUT2D eigenvalue weighted by molar-refractivity contribution is 0.537. The van der Waals surface area contributed by atoms with Gasteiger partial charge in [-0.15, -0.1) is 0 Å². The first-order chi connectivity index (χ1) is 16.0. The predicted molar refractivity (Wildman–Crippen MR) is 143 cm³/mol. The van der Waals surface area contributed by atoms with E-state index >= 15 is 0 Å². The van der Waals surface area contributed by atoms with Gasteiger partial charge in [-0.25, -0.2) is 4.79 Å². The minimum atomic E-state index is -2.18. The summed E-state index contributed by atoms with van der Waals surface area (Å²) in [5, 5.41) is 0. The van der Waals surface area contributed by atoms with E-state index in [4.69, 9.17) is 0 Å². The Labute approximate surface area is 201 Å². The zero-order valence-corrected chi connectivity index (χ0v) is 22.3. The number of rotatable bonds is 21. The molecule has 1 heterocycles. The second-order valence-electron chi connectivity index (χ2n) is 9.52. The van der Waals surface area contributed by atoms with Crippen molar-refractivity contribution in [3.63, 3.8) is 0 Å². The van der Waals surface area contributed by atoms with E-state index in [0.29, 0.717) is 12.7 Å². The Morgan fingerprint density at radius 2 is 1.30 bits per heavy atom. The minimum Gasteiger partial charge on any atom is -0.323 e. The molecule has 0 spiro atoms. The van der Waals surface area contributed by atoms with Gasteiger partial charge in [-0.05, 0) is 12.8 Å². The Kier molecular flexibility index (Phi) is 17.1. The van der Waals surface area contributed by atoms with Crippen LogP contribution in [0.5, 0.6) is 0 Å². The molecule has 1 unspecified atom stereocenters. The fraction of sp³-hybridized carbons (Fsp3) is 0.778. The Hall–Kier alpha value is -1.35. The summed E-state index contributed by atoms with van der Waals surface area (Å²) in [5.74, 6) is 0. The third kappa shape index (κ3) is 15.2. The lowest BCUT2D eigenvalue weighted by atomic mass is 10.0. The molecule has 0 saturated carbocycles. The molecule has 0 aliphatic carbocycles. The maximum Gasteiger partial charge on any atom is 0.328 e. The molecule has 0 radical (unpaired) electrons. The summed E-state index contributed by atoms with van der Waals surface area (Å²) in [6.45, 7) is 4.76. The van der Waals surface area contributed by atoms with Crippen LogP contribution in [0.1, 0.15) is 110 Å². The van der Waals surface area contributed by atoms with Crippen molar-refractivity contribution in [3.8, 4) is 0 Å². The van der Waals surface area contributed by atoms with Crippen LogP contribution in [0.4, 0.5) is 0 Å². The molecule has 0 aromatic carbocycles. The van der Waals surface area contributed by atoms with Gasteiger partial charge in [0.1, 0.15) is 0 Å². The number of unbranched alkanes of at least 4 members (excludes halogenated alkanes) is 13. The SMILES string of the molecule is CCCCCCCCCCCCCCCCP(=O)(C/C=C/Cn1ccc(=O)[nH]c1=O)CCC. The largest absolute Gasteiger partial charge is 0.328 e. The highest BCUT2D eigenvalue weighted by atomic mass is 31.2. The molecule has 5 nitrogen and oxygen atoms in total. The lowest BCUT2D eigenvalue weighted by Gasteiger charge is -2.16. The van der Waals surface area contributed by atoms with Crippen LogP contribution in [-0.2, 0) is 11.1 Å². The summed E-state index contributed by atoms with van der Waals surface area (Å²) in [7, 11) is -2.18. The first-order valence-electron chi connectivity index (χ1n) is 13.5. The van der Waals surface area contributed by atoms with E-state index in [-0.39, 0.29) is 5.56 Å². The summed E-state index contributed by atoms with van der Waals surface area (Å²) in [6.07, 6.45) is 27.2. The number of nitrogens with one attached hydrogen (secondary N) is 1. The maximum absolute atomic E-state index is 13.3. The maximum atomic E-state index is 13.3. The average molecular weight is 481 g/mol. The van der Waals surface area contributed by atoms with Gasteiger partial charge < -0.3 is 4.57 Å². The molecule has 6 heteroatoms. The van der Waals surface area contributed by atoms with Crippen LogP contribution in [0.25, 0.3) is 0 Å². The van der Waals surface area contributed by atoms with Gasteiger partial charge in [-0.2, -0.15) is 0 Å². The number of allylic oxidation sites excluding steroid dienone is 2. The Morgan fingerprint density at radius 3 is 1.82 bits per heavy atom. The molecule has 0 aliphatic rings. The third-order valence-corrected chi connectivity index (χ3v) is 9.62. The van der Waals surface area contributed by atoms with E-state index in [1.807, 2.05) is 12.2 Å². The van der Waals surface area contributed by atoms with E-state index in [1.165, 1.54) is 100 Å². The molecule has 0 fully saturated rings. The van der Waals surface area contributed by atoms with Crippen molar-refractivity contribution in [1.29, 1.82) is 0 Å². The second-order valence-corrected chi connectivity index (χ2v) is 12.9. The molecule has 0 aliphatic heterocycles. The number of nitrogens with zero attached hydrogens (tertiary/aromatic N) is 1. The predicted octanol–water partition coefficient (Wildman–Crippen LogP) is 7.35. The summed E-state index contributed by atoms with van der Waals surface area (Å²) >= 11 is 0. The summed E-state index contributed by atoms with van der Waals surface area (Å²) in [4.78, 5) is 25.1. The zero-order chi connectivity index (χ0) is 24.2. The Balaban J connectivity index is 2.13. The molecule has 1 N–H and O–H groups in total. The van der Waals surface area contributed by atoms with Crippen LogP contribution in [0.2, 0.25) is 0 Å². The normalized spacial score (nSPS) is 13.5. The number of hydrogen-bond acceptors (Lipinski definition) is 3. The van der Waals surface area contributed by atoms with Gasteiger partial charge in [-0.3, -0.25) is 14.3 Å². The van der Waals surface area contributed by atoms with Crippen molar-refractivity contribution in [3.05, 3.63) is 45.3 Å². The van der Waals surface area contributed by atoms with Gasteiger partial charge in [0.15, 0.2) is 0 Å². The molecule has 190 valence electrons. The fourth-order valence-electron chi connectivity index (χ4n) is 4.34. The van der Waals surface area contributed by atoms with Crippen molar-refractivity contribution >= 4 is 7.14 Å². The van der Waals surface area contributed by atoms with Crippen LogP contribution in [-0.4, -0.2) is 28.0 Å². The van der Waals surface area contributed by atoms with Crippen LogP contribution >= 0.6 is 7.14 Å². The average Bonchev–Trinajstić information content (AvgIpc) is 2.78. The number of aromatic nitrogens is 2. The number of H-pyrrole nitrogens is 1. The first-order valence-corrected chi connectivity index (χ1v) is 15.8. The van der Waals surface area contributed by atoms with E-state index in [1.54, 1.807) is 0 Å². The van der Waals surface area contributed by atoms with Crippen molar-refractivity contribution < 1.29 is 4.57 Å². The van der Waals surface area contributed by atoms with Crippen molar-refractivity contribution in [2.45, 2.75) is 117 Å². The molecule has 1 rings (SSSR count). The van der Waals surface area contributed by atoms with E-state index < -0.39 is 12.8 Å². The summed E-state index contributed by atoms with van der Waals surface area (Å²) in [5.41, 5.74) is -0.799. The van der Waals surface area contributed by atoms with Crippen molar-refractivity contribution in [2.24, 2.45) is 0 Å². The van der Waals surface area contributed by atoms with Gasteiger partial charge in [0.25, 0.3) is 5.56 Å². The molecule has 1 aromatic rings. The fourth-order valence-corrected chi connectivity index (χ4v) is 7.08. The van der Waals surface area contributed by atoms with Gasteiger partial charge in [0, 0.05) is 37.3 Å². The minimum absolute atomic E-state index is 0.388. The van der Waals surface area contributed by atoms with Crippen LogP contribution in [0, 0.1) is 0 Å². The summed E-state index contributed by atoms with van der Waals surface area (Å²) in [6, 6.07) is 1.34. The van der Waals surface area contributed by atoms with Gasteiger partial charge in [0.2, 0.25) is 0 Å². The molecule has 0 bridgehead atoms. The van der Waals surface area contributed by atoms with Crippen molar-refractivity contribution in [1.82, 2.24) is 9.55 Å². The topological polar surface area (TPSA) is 71.9 Å². The van der Waals surface area contributed by atoms with Crippen LogP contribution in [0.15, 0.2) is 34.0 Å². The van der Waals surface area contributed by atoms with Gasteiger partial charge >= 0.3 is 5.69 Å². The highest BCUT2D eigenvalue weighted by Gasteiger charge is 2.18. The third-order valence-electron chi connectivity index (χ3n) is 6.35. The molecule has 0 saturated heterocycles. The van der Waals surface area contributed by atoms with Crippen LogP contribution in [0.3, 0.4) is 0 Å². The molecular weight excluding hydrogens is 431 g/mol. The molecule has 0 amide bonds. The van der Waals surface area contributed by atoms with Crippen LogP contribution < -0.4 is 11.2 Å². The van der Waals surface area contributed by atoms with E-state index in [9.17, 15) is 14.2 Å². The van der Waals surface area contributed by atoms with Crippen molar-refractivity contribution in [2.75, 3.05) is 18.5 Å². The first kappa shape index (κ1) is 29.7. The van der Waals surface area contributed by atoms with E-state index in [0.717, 1.165) is 25.2 Å². The summed E-state index contributed by atoms with van der Waals surface area (Å²) < 4.78 is 14.7. The Morgan fingerprint density at radius 1 is 0.758 bits per heavy atom. The molecular formula is C27H49N2O3P. The number of hydrogen-bond donors (Lipinski definition) is 1. The molecule has 1 atom stereocenters. The van der Waals surface area contributed by atoms with Gasteiger partial charge in [-0.1, -0.05) is 109 Å². The Bertz CT molecular complexity index is 797. The quantitative estimate of drug-likeness (QED) is 0.114. The molecule has 33 heavy (non-hydrogen) atoms. The monoisotopic (exact) mass is 480 g/mol. The highest BCUT2D eigenvalue weighted by molar-refractivity contribution is 7.64. The highest BCUT2D eigenvalue weighted by Crippen LogP contribution is 2.47. The standard InChI is InChI=1S/C27H49N2O3P/c1-3-5-6-7-8-9-10-11-12-13-14-15-16-18-24-33(32,23-4-2)25-19-17-21-29-22-20-26(30)28-27(29)31/h17,19-20,22H,3-16,18,21,23-25H2,1-2H3,(H,28,30,31)/b19-17+. The lowest BCUT2D eigenvalue weighted by Crippen LogP contribution is -2.28. The number of aromatic amines is 1.